The molecule has 3 aliphatic rings. The van der Waals surface area contributed by atoms with E-state index in [-0.39, 0.29) is 17.3 Å². The monoisotopic (exact) mass is 393 g/mol. The first-order valence-electron chi connectivity index (χ1n) is 9.23. The van der Waals surface area contributed by atoms with Crippen LogP contribution >= 0.6 is 15.9 Å². The van der Waals surface area contributed by atoms with Gasteiger partial charge in [0.15, 0.2) is 0 Å². The number of benzene rings is 1. The average molecular weight is 394 g/mol. The zero-order chi connectivity index (χ0) is 17.3. The molecule has 0 amide bonds. The minimum atomic E-state index is 0.00732. The predicted molar refractivity (Wildman–Crippen MR) is 99.9 cm³/mol. The topological polar surface area (TPSA) is 29.5 Å². The molecule has 1 aromatic carbocycles. The van der Waals surface area contributed by atoms with Crippen molar-refractivity contribution in [3.8, 4) is 0 Å². The van der Waals surface area contributed by atoms with Gasteiger partial charge in [0.25, 0.3) is 0 Å². The van der Waals surface area contributed by atoms with Gasteiger partial charge in [-0.2, -0.15) is 0 Å². The third-order valence-corrected chi connectivity index (χ3v) is 6.43. The second-order valence-electron chi connectivity index (χ2n) is 7.09. The van der Waals surface area contributed by atoms with Crippen LogP contribution < -0.4 is 0 Å². The summed E-state index contributed by atoms with van der Waals surface area (Å²) in [7, 11) is 1.52. The number of ether oxygens (including phenoxy) is 1. The summed E-state index contributed by atoms with van der Waals surface area (Å²) in [5.41, 5.74) is 3.19. The highest BCUT2D eigenvalue weighted by Crippen LogP contribution is 2.57. The number of esters is 1. The number of rotatable bonds is 2. The van der Waals surface area contributed by atoms with Crippen molar-refractivity contribution in [1.82, 2.24) is 4.90 Å². The van der Waals surface area contributed by atoms with Gasteiger partial charge < -0.3 is 4.74 Å². The highest BCUT2D eigenvalue weighted by Gasteiger charge is 2.56. The molecule has 132 valence electrons. The quantitative estimate of drug-likeness (QED) is 0.679. The largest absolute Gasteiger partial charge is 0.469 e. The summed E-state index contributed by atoms with van der Waals surface area (Å²) in [6.45, 7) is 6.08. The van der Waals surface area contributed by atoms with Gasteiger partial charge in [-0.1, -0.05) is 35.8 Å². The molecule has 1 aromatic rings. The number of hydrogen-bond acceptors (Lipinski definition) is 3. The van der Waals surface area contributed by atoms with Gasteiger partial charge in [0.1, 0.15) is 0 Å². The van der Waals surface area contributed by atoms with Crippen LogP contribution in [0.1, 0.15) is 56.7 Å². The standard InChI is InChI=1S/C18H22BrNO2.C2H6/c1-22-17(21)15-6-9-20(11-18(15)7-8-18)16-5-2-12-10-13(19)3-4-14(12)16;1-2/h3-4,10,15-16H,2,5-9,11H2,1H3;1-2H3. The smallest absolute Gasteiger partial charge is 0.309 e. The normalized spacial score (nSPS) is 27.2. The molecule has 3 nitrogen and oxygen atoms in total. The molecule has 0 aromatic heterocycles. The molecule has 4 heteroatoms. The van der Waals surface area contributed by atoms with Crippen LogP contribution in [0.25, 0.3) is 0 Å². The molecular weight excluding hydrogens is 366 g/mol. The molecule has 0 N–H and O–H groups in total. The molecule has 1 heterocycles. The van der Waals surface area contributed by atoms with Crippen molar-refractivity contribution in [3.63, 3.8) is 0 Å². The Morgan fingerprint density at radius 1 is 1.29 bits per heavy atom. The van der Waals surface area contributed by atoms with E-state index in [0.29, 0.717) is 6.04 Å². The summed E-state index contributed by atoms with van der Waals surface area (Å²) in [4.78, 5) is 14.7. The number of piperidine rings is 1. The Balaban J connectivity index is 0.000000815. The molecule has 24 heavy (non-hydrogen) atoms. The first-order chi connectivity index (χ1) is 11.6. The van der Waals surface area contributed by atoms with Crippen molar-refractivity contribution in [2.45, 2.75) is 52.0 Å². The molecule has 0 radical (unpaired) electrons. The van der Waals surface area contributed by atoms with Crippen LogP contribution in [0.3, 0.4) is 0 Å². The summed E-state index contributed by atoms with van der Waals surface area (Å²) in [5.74, 6) is 0.132. The van der Waals surface area contributed by atoms with E-state index in [2.05, 4.69) is 39.0 Å². The number of carbonyl (C=O) groups excluding carboxylic acids is 1. The van der Waals surface area contributed by atoms with Crippen LogP contribution in [-0.4, -0.2) is 31.1 Å². The minimum absolute atomic E-state index is 0.00732. The van der Waals surface area contributed by atoms with Gasteiger partial charge >= 0.3 is 5.97 Å². The maximum atomic E-state index is 12.0. The Morgan fingerprint density at radius 2 is 2.04 bits per heavy atom. The lowest BCUT2D eigenvalue weighted by Gasteiger charge is -2.41. The number of aryl methyl sites for hydroxylation is 1. The van der Waals surface area contributed by atoms with E-state index in [1.165, 1.54) is 48.4 Å². The van der Waals surface area contributed by atoms with Crippen LogP contribution in [-0.2, 0) is 16.0 Å². The van der Waals surface area contributed by atoms with Gasteiger partial charge in [0.05, 0.1) is 13.0 Å². The molecule has 1 saturated heterocycles. The fourth-order valence-electron chi connectivity index (χ4n) is 4.58. The van der Waals surface area contributed by atoms with E-state index in [0.717, 1.165) is 19.5 Å². The van der Waals surface area contributed by atoms with Crippen molar-refractivity contribution in [3.05, 3.63) is 33.8 Å². The summed E-state index contributed by atoms with van der Waals surface area (Å²) in [5, 5.41) is 0. The van der Waals surface area contributed by atoms with Crippen LogP contribution in [0.2, 0.25) is 0 Å². The molecule has 1 spiro atoms. The maximum absolute atomic E-state index is 12.0. The summed E-state index contributed by atoms with van der Waals surface area (Å²) in [6, 6.07) is 7.25. The highest BCUT2D eigenvalue weighted by atomic mass is 79.9. The van der Waals surface area contributed by atoms with Crippen molar-refractivity contribution < 1.29 is 9.53 Å². The van der Waals surface area contributed by atoms with Gasteiger partial charge in [-0.25, -0.2) is 0 Å². The number of methoxy groups -OCH3 is 1. The fraction of sp³-hybridized carbons (Fsp3) is 0.650. The molecule has 1 saturated carbocycles. The Hall–Kier alpha value is -0.870. The van der Waals surface area contributed by atoms with Crippen LogP contribution in [0.4, 0.5) is 0 Å². The minimum Gasteiger partial charge on any atom is -0.469 e. The number of nitrogens with zero attached hydrogens (tertiary/aromatic N) is 1. The average Bonchev–Trinajstić information content (AvgIpc) is 3.23. The number of hydrogen-bond donors (Lipinski definition) is 0. The first kappa shape index (κ1) is 17.9. The van der Waals surface area contributed by atoms with E-state index < -0.39 is 0 Å². The number of fused-ring (bicyclic) bond motifs is 1. The second kappa shape index (κ2) is 7.17. The Kier molecular flexibility index (Phi) is 5.36. The summed E-state index contributed by atoms with van der Waals surface area (Å²) >= 11 is 3.58. The maximum Gasteiger partial charge on any atom is 0.309 e. The molecule has 2 fully saturated rings. The van der Waals surface area contributed by atoms with E-state index in [1.807, 2.05) is 13.8 Å². The SMILES string of the molecule is CC.COC(=O)C1CCN(C2CCc3cc(Br)ccc32)CC12CC2. The third kappa shape index (κ3) is 3.15. The van der Waals surface area contributed by atoms with Gasteiger partial charge in [-0.15, -0.1) is 0 Å². The van der Waals surface area contributed by atoms with E-state index in [9.17, 15) is 4.79 Å². The van der Waals surface area contributed by atoms with Crippen LogP contribution in [0, 0.1) is 11.3 Å². The van der Waals surface area contributed by atoms with Crippen molar-refractivity contribution in [1.29, 1.82) is 0 Å². The Bertz CT molecular complexity index is 612. The zero-order valence-corrected chi connectivity index (χ0v) is 16.6. The van der Waals surface area contributed by atoms with Gasteiger partial charge in [0.2, 0.25) is 0 Å². The van der Waals surface area contributed by atoms with E-state index in [1.54, 1.807) is 0 Å². The van der Waals surface area contributed by atoms with E-state index in [4.69, 9.17) is 4.74 Å². The van der Waals surface area contributed by atoms with E-state index >= 15 is 0 Å². The lowest BCUT2D eigenvalue weighted by molar-refractivity contribution is -0.150. The number of halogens is 1. The van der Waals surface area contributed by atoms with Gasteiger partial charge in [0, 0.05) is 17.1 Å². The number of carbonyl (C=O) groups is 1. The molecular formula is C20H28BrNO2. The highest BCUT2D eigenvalue weighted by molar-refractivity contribution is 9.10. The number of likely N-dealkylation sites (tertiary alicyclic amines) is 1. The first-order valence-corrected chi connectivity index (χ1v) is 10.0. The zero-order valence-electron chi connectivity index (χ0n) is 15.0. The van der Waals surface area contributed by atoms with Crippen LogP contribution in [0.5, 0.6) is 0 Å². The Morgan fingerprint density at radius 3 is 2.71 bits per heavy atom. The van der Waals surface area contributed by atoms with Crippen molar-refractivity contribution in [2.24, 2.45) is 11.3 Å². The molecule has 4 rings (SSSR count). The van der Waals surface area contributed by atoms with Crippen molar-refractivity contribution >= 4 is 21.9 Å². The lowest BCUT2D eigenvalue weighted by atomic mass is 9.81. The van der Waals surface area contributed by atoms with Gasteiger partial charge in [-0.05, 0) is 67.3 Å². The summed E-state index contributed by atoms with van der Waals surface area (Å²) in [6.07, 6.45) is 5.70. The van der Waals surface area contributed by atoms with Crippen LogP contribution in [0.15, 0.2) is 22.7 Å². The Labute approximate surface area is 153 Å². The van der Waals surface area contributed by atoms with Crippen molar-refractivity contribution in [2.75, 3.05) is 20.2 Å². The second-order valence-corrected chi connectivity index (χ2v) is 8.01. The molecule has 2 atom stereocenters. The van der Waals surface area contributed by atoms with Gasteiger partial charge in [-0.3, -0.25) is 9.69 Å². The fourth-order valence-corrected chi connectivity index (χ4v) is 4.99. The third-order valence-electron chi connectivity index (χ3n) is 5.93. The molecule has 0 bridgehead atoms. The lowest BCUT2D eigenvalue weighted by Crippen LogP contribution is -2.46. The molecule has 1 aliphatic heterocycles. The molecule has 2 unspecified atom stereocenters. The predicted octanol–water partition coefficient (Wildman–Crippen LogP) is 4.74. The summed E-state index contributed by atoms with van der Waals surface area (Å²) < 4.78 is 6.21. The molecule has 2 aliphatic carbocycles.